The summed E-state index contributed by atoms with van der Waals surface area (Å²) >= 11 is 0. The van der Waals surface area contributed by atoms with E-state index in [1.165, 1.54) is 31.4 Å². The second-order valence-electron chi connectivity index (χ2n) is 6.62. The number of nitrogens with zero attached hydrogens (tertiary/aromatic N) is 1. The van der Waals surface area contributed by atoms with Crippen molar-refractivity contribution in [1.29, 1.82) is 0 Å². The lowest BCUT2D eigenvalue weighted by molar-refractivity contribution is -0.137. The fraction of sp³-hybridized carbons (Fsp3) is 0.300. The third-order valence-electron chi connectivity index (χ3n) is 4.97. The molecule has 1 heterocycles. The second-order valence-corrected chi connectivity index (χ2v) is 6.62. The van der Waals surface area contributed by atoms with Gasteiger partial charge < -0.3 is 4.57 Å². The highest BCUT2D eigenvalue weighted by Gasteiger charge is 2.30. The predicted molar refractivity (Wildman–Crippen MR) is 89.7 cm³/mol. The maximum atomic E-state index is 12.9. The Bertz CT molecular complexity index is 872. The van der Waals surface area contributed by atoms with Crippen molar-refractivity contribution < 1.29 is 13.2 Å². The highest BCUT2D eigenvalue weighted by atomic mass is 19.4. The van der Waals surface area contributed by atoms with Crippen LogP contribution in [-0.4, -0.2) is 4.57 Å². The molecule has 1 fully saturated rings. The molecule has 0 spiro atoms. The standard InChI is InChI=1S/C20H18F3N/c21-20(22,23)18-6-2-5-15(12-18)16-7-8-19-17(11-16)9-10-24(19)13-14-3-1-4-14/h2,5-12,14H,1,3-4,13H2. The normalized spacial score (nSPS) is 15.6. The van der Waals surface area contributed by atoms with E-state index in [2.05, 4.69) is 10.8 Å². The van der Waals surface area contributed by atoms with Crippen LogP contribution >= 0.6 is 0 Å². The van der Waals surface area contributed by atoms with Crippen LogP contribution in [0.4, 0.5) is 13.2 Å². The van der Waals surface area contributed by atoms with E-state index in [-0.39, 0.29) is 0 Å². The van der Waals surface area contributed by atoms with Gasteiger partial charge in [-0.3, -0.25) is 0 Å². The van der Waals surface area contributed by atoms with E-state index in [0.717, 1.165) is 35.0 Å². The van der Waals surface area contributed by atoms with Gasteiger partial charge in [0.2, 0.25) is 0 Å². The smallest absolute Gasteiger partial charge is 0.347 e. The summed E-state index contributed by atoms with van der Waals surface area (Å²) in [5.41, 5.74) is 1.95. The summed E-state index contributed by atoms with van der Waals surface area (Å²) in [5, 5.41) is 1.07. The Hall–Kier alpha value is -2.23. The molecule has 0 unspecified atom stereocenters. The number of hydrogen-bond donors (Lipinski definition) is 0. The highest BCUT2D eigenvalue weighted by molar-refractivity contribution is 5.85. The minimum atomic E-state index is -4.31. The lowest BCUT2D eigenvalue weighted by Gasteiger charge is -2.26. The monoisotopic (exact) mass is 329 g/mol. The highest BCUT2D eigenvalue weighted by Crippen LogP contribution is 2.34. The summed E-state index contributed by atoms with van der Waals surface area (Å²) in [6, 6.07) is 13.5. The second kappa shape index (κ2) is 5.69. The van der Waals surface area contributed by atoms with Crippen LogP contribution in [-0.2, 0) is 12.7 Å². The Morgan fingerprint density at radius 3 is 2.46 bits per heavy atom. The van der Waals surface area contributed by atoms with Gasteiger partial charge >= 0.3 is 6.18 Å². The predicted octanol–water partition coefficient (Wildman–Crippen LogP) is 6.13. The largest absolute Gasteiger partial charge is 0.416 e. The van der Waals surface area contributed by atoms with Crippen LogP contribution in [0.2, 0.25) is 0 Å². The van der Waals surface area contributed by atoms with Gasteiger partial charge in [0.1, 0.15) is 0 Å². The van der Waals surface area contributed by atoms with Crippen LogP contribution in [0, 0.1) is 5.92 Å². The van der Waals surface area contributed by atoms with Crippen molar-refractivity contribution >= 4 is 10.9 Å². The van der Waals surface area contributed by atoms with Gasteiger partial charge in [-0.2, -0.15) is 13.2 Å². The molecule has 2 aromatic carbocycles. The van der Waals surface area contributed by atoms with E-state index >= 15 is 0 Å². The molecule has 0 amide bonds. The van der Waals surface area contributed by atoms with E-state index < -0.39 is 11.7 Å². The lowest BCUT2D eigenvalue weighted by atomic mass is 9.85. The molecule has 0 N–H and O–H groups in total. The van der Waals surface area contributed by atoms with Gasteiger partial charge in [0.05, 0.1) is 5.56 Å². The zero-order valence-corrected chi connectivity index (χ0v) is 13.2. The molecule has 124 valence electrons. The SMILES string of the molecule is FC(F)(F)c1cccc(-c2ccc3c(ccn3CC3CCC3)c2)c1. The first-order valence-corrected chi connectivity index (χ1v) is 8.27. The summed E-state index contributed by atoms with van der Waals surface area (Å²) in [5.74, 6) is 0.767. The minimum Gasteiger partial charge on any atom is -0.347 e. The van der Waals surface area contributed by atoms with Gasteiger partial charge in [-0.15, -0.1) is 0 Å². The molecule has 0 atom stereocenters. The van der Waals surface area contributed by atoms with Crippen LogP contribution in [0.1, 0.15) is 24.8 Å². The third kappa shape index (κ3) is 2.81. The topological polar surface area (TPSA) is 4.93 Å². The molecule has 1 saturated carbocycles. The van der Waals surface area contributed by atoms with Crippen molar-refractivity contribution in [3.05, 3.63) is 60.3 Å². The summed E-state index contributed by atoms with van der Waals surface area (Å²) in [6.07, 6.45) is 1.68. The molecule has 0 aliphatic heterocycles. The molecule has 0 bridgehead atoms. The van der Waals surface area contributed by atoms with E-state index in [0.29, 0.717) is 5.56 Å². The number of alkyl halides is 3. The minimum absolute atomic E-state index is 0.596. The van der Waals surface area contributed by atoms with Crippen LogP contribution in [0.3, 0.4) is 0 Å². The Labute approximate surface area is 138 Å². The average Bonchev–Trinajstić information content (AvgIpc) is 2.92. The quantitative estimate of drug-likeness (QED) is 0.545. The van der Waals surface area contributed by atoms with Crippen molar-refractivity contribution in [2.75, 3.05) is 0 Å². The fourth-order valence-electron chi connectivity index (χ4n) is 3.37. The first-order valence-electron chi connectivity index (χ1n) is 8.27. The maximum Gasteiger partial charge on any atom is 0.416 e. The third-order valence-corrected chi connectivity index (χ3v) is 4.97. The summed E-state index contributed by atoms with van der Waals surface area (Å²) in [4.78, 5) is 0. The molecular formula is C20H18F3N. The molecule has 4 heteroatoms. The zero-order chi connectivity index (χ0) is 16.7. The number of rotatable bonds is 3. The number of benzene rings is 2. The van der Waals surface area contributed by atoms with Crippen LogP contribution < -0.4 is 0 Å². The Balaban J connectivity index is 1.68. The van der Waals surface area contributed by atoms with Crippen LogP contribution in [0.25, 0.3) is 22.0 Å². The molecule has 0 saturated heterocycles. The van der Waals surface area contributed by atoms with Crippen molar-refractivity contribution in [2.45, 2.75) is 32.0 Å². The van der Waals surface area contributed by atoms with Crippen molar-refractivity contribution in [3.63, 3.8) is 0 Å². The van der Waals surface area contributed by atoms with Crippen LogP contribution in [0.5, 0.6) is 0 Å². The summed E-state index contributed by atoms with van der Waals surface area (Å²) < 4.78 is 41.0. The Kier molecular flexibility index (Phi) is 3.63. The molecule has 0 radical (unpaired) electrons. The number of aromatic nitrogens is 1. The van der Waals surface area contributed by atoms with Gasteiger partial charge in [0, 0.05) is 23.6 Å². The van der Waals surface area contributed by atoms with E-state index in [1.54, 1.807) is 6.07 Å². The van der Waals surface area contributed by atoms with Gasteiger partial charge in [-0.05, 0) is 60.2 Å². The maximum absolute atomic E-state index is 12.9. The van der Waals surface area contributed by atoms with Gasteiger partial charge in [-0.1, -0.05) is 24.6 Å². The van der Waals surface area contributed by atoms with Gasteiger partial charge in [0.15, 0.2) is 0 Å². The van der Waals surface area contributed by atoms with Crippen molar-refractivity contribution in [3.8, 4) is 11.1 Å². The molecule has 1 aliphatic carbocycles. The van der Waals surface area contributed by atoms with Crippen LogP contribution in [0.15, 0.2) is 54.7 Å². The molecule has 1 aromatic heterocycles. The molecule has 4 rings (SSSR count). The lowest BCUT2D eigenvalue weighted by Crippen LogP contribution is -2.17. The molecule has 1 aliphatic rings. The number of fused-ring (bicyclic) bond motifs is 1. The van der Waals surface area contributed by atoms with E-state index in [9.17, 15) is 13.2 Å². The van der Waals surface area contributed by atoms with Crippen molar-refractivity contribution in [1.82, 2.24) is 4.57 Å². The van der Waals surface area contributed by atoms with E-state index in [4.69, 9.17) is 0 Å². The van der Waals surface area contributed by atoms with Gasteiger partial charge in [-0.25, -0.2) is 0 Å². The van der Waals surface area contributed by atoms with Crippen molar-refractivity contribution in [2.24, 2.45) is 5.92 Å². The molecule has 1 nitrogen and oxygen atoms in total. The molecular weight excluding hydrogens is 311 g/mol. The van der Waals surface area contributed by atoms with E-state index in [1.807, 2.05) is 24.3 Å². The average molecular weight is 329 g/mol. The fourth-order valence-corrected chi connectivity index (χ4v) is 3.37. The summed E-state index contributed by atoms with van der Waals surface area (Å²) in [7, 11) is 0. The Morgan fingerprint density at radius 1 is 0.958 bits per heavy atom. The number of halogens is 3. The molecule has 3 aromatic rings. The first kappa shape index (κ1) is 15.3. The molecule has 24 heavy (non-hydrogen) atoms. The Morgan fingerprint density at radius 2 is 1.75 bits per heavy atom. The first-order chi connectivity index (χ1) is 11.5. The summed E-state index contributed by atoms with van der Waals surface area (Å²) in [6.45, 7) is 1.03. The zero-order valence-electron chi connectivity index (χ0n) is 13.2. The van der Waals surface area contributed by atoms with Gasteiger partial charge in [0.25, 0.3) is 0 Å². The number of hydrogen-bond acceptors (Lipinski definition) is 0.